The van der Waals surface area contributed by atoms with E-state index in [1.165, 1.54) is 0 Å². The van der Waals surface area contributed by atoms with Gasteiger partial charge in [-0.15, -0.1) is 0 Å². The van der Waals surface area contributed by atoms with E-state index in [9.17, 15) is 19.2 Å². The normalized spacial score (nSPS) is 23.4. The van der Waals surface area contributed by atoms with Crippen LogP contribution in [0.1, 0.15) is 65.3 Å². The van der Waals surface area contributed by atoms with Crippen molar-refractivity contribution in [3.05, 3.63) is 59.9 Å². The molecule has 2 saturated heterocycles. The Balaban J connectivity index is 0.874. The molecule has 3 fully saturated rings. The molecule has 4 aliphatic rings. The number of amides is 4. The van der Waals surface area contributed by atoms with Gasteiger partial charge in [0.25, 0.3) is 11.8 Å². The van der Waals surface area contributed by atoms with E-state index in [2.05, 4.69) is 49.0 Å². The summed E-state index contributed by atoms with van der Waals surface area (Å²) in [4.78, 5) is 58.0. The van der Waals surface area contributed by atoms with Crippen molar-refractivity contribution in [3.63, 3.8) is 0 Å². The molecule has 12 nitrogen and oxygen atoms in total. The van der Waals surface area contributed by atoms with Crippen LogP contribution in [0.25, 0.3) is 11.3 Å². The monoisotopic (exact) mass is 596 g/mol. The first kappa shape index (κ1) is 28.2. The second-order valence-corrected chi connectivity index (χ2v) is 12.1. The third-order valence-corrected chi connectivity index (χ3v) is 9.22. The highest BCUT2D eigenvalue weighted by atomic mass is 16.2. The van der Waals surface area contributed by atoms with Crippen molar-refractivity contribution < 1.29 is 19.2 Å². The number of pyridine rings is 1. The fraction of sp³-hybridized carbons (Fsp3) is 0.438. The van der Waals surface area contributed by atoms with Gasteiger partial charge in [-0.2, -0.15) is 5.10 Å². The van der Waals surface area contributed by atoms with Gasteiger partial charge >= 0.3 is 0 Å². The molecule has 12 heteroatoms. The maximum absolute atomic E-state index is 13.1. The van der Waals surface area contributed by atoms with Gasteiger partial charge in [-0.25, -0.2) is 4.98 Å². The van der Waals surface area contributed by atoms with Crippen LogP contribution in [0.2, 0.25) is 0 Å². The Morgan fingerprint density at radius 3 is 2.61 bits per heavy atom. The van der Waals surface area contributed by atoms with E-state index in [0.29, 0.717) is 12.0 Å². The van der Waals surface area contributed by atoms with Crippen LogP contribution in [0.4, 0.5) is 11.5 Å². The van der Waals surface area contributed by atoms with Crippen molar-refractivity contribution in [3.8, 4) is 11.3 Å². The molecule has 1 atom stereocenters. The molecule has 1 aromatic carbocycles. The van der Waals surface area contributed by atoms with Gasteiger partial charge in [-0.05, 0) is 68.4 Å². The van der Waals surface area contributed by atoms with Crippen molar-refractivity contribution >= 4 is 35.1 Å². The number of carbonyl (C=O) groups excluding carboxylic acids is 4. The molecule has 5 heterocycles. The number of piperidine rings is 1. The molecule has 1 unspecified atom stereocenters. The van der Waals surface area contributed by atoms with E-state index in [0.717, 1.165) is 86.1 Å². The van der Waals surface area contributed by atoms with E-state index in [4.69, 9.17) is 4.98 Å². The number of nitrogens with zero attached hydrogens (tertiary/aromatic N) is 5. The number of hydrogen-bond donors (Lipinski definition) is 3. The lowest BCUT2D eigenvalue weighted by molar-refractivity contribution is -0.136. The molecule has 1 saturated carbocycles. The Kier molecular flexibility index (Phi) is 7.59. The lowest BCUT2D eigenvalue weighted by Gasteiger charge is -2.35. The number of imide groups is 2. The summed E-state index contributed by atoms with van der Waals surface area (Å²) >= 11 is 0. The van der Waals surface area contributed by atoms with Gasteiger partial charge in [0.2, 0.25) is 11.8 Å². The molecule has 3 N–H and O–H groups in total. The van der Waals surface area contributed by atoms with Crippen LogP contribution in [0.15, 0.2) is 48.8 Å². The first-order chi connectivity index (χ1) is 21.4. The molecule has 0 spiro atoms. The fourth-order valence-electron chi connectivity index (χ4n) is 6.68. The summed E-state index contributed by atoms with van der Waals surface area (Å²) in [5, 5.41) is 13.6. The van der Waals surface area contributed by atoms with E-state index >= 15 is 0 Å². The van der Waals surface area contributed by atoms with Gasteiger partial charge in [-0.3, -0.25) is 34.1 Å². The minimum Gasteiger partial charge on any atom is -0.385 e. The maximum atomic E-state index is 13.1. The molecular weight excluding hydrogens is 560 g/mol. The number of aromatic nitrogens is 3. The quantitative estimate of drug-likeness (QED) is 0.251. The molecule has 228 valence electrons. The van der Waals surface area contributed by atoms with E-state index in [-0.39, 0.29) is 29.9 Å². The largest absolute Gasteiger partial charge is 0.385 e. The molecular formula is C32H36N8O4. The summed E-state index contributed by atoms with van der Waals surface area (Å²) in [6.07, 6.45) is 8.56. The fourth-order valence-corrected chi connectivity index (χ4v) is 6.68. The predicted octanol–water partition coefficient (Wildman–Crippen LogP) is 2.60. The first-order valence-corrected chi connectivity index (χ1v) is 15.5. The molecule has 4 amide bonds. The molecule has 3 aromatic rings. The lowest BCUT2D eigenvalue weighted by Crippen LogP contribution is -2.54. The van der Waals surface area contributed by atoms with Gasteiger partial charge < -0.3 is 15.5 Å². The standard InChI is InChI=1S/C32H36N8O4/c41-29-9-8-27(30(42)37-29)40-31(43)24-7-6-22(17-25(24)32(40)44)34-10-2-3-20-15-23(16-20)39-19-21(18-35-39)26-4-1-5-28(36-26)38-13-11-33-12-14-38/h1,4-7,17-20,23,27,33-34H,2-3,8-16H2,(H,37,41,42). The van der Waals surface area contributed by atoms with Crippen molar-refractivity contribution in [1.82, 2.24) is 30.3 Å². The molecule has 0 radical (unpaired) electrons. The second-order valence-electron chi connectivity index (χ2n) is 12.1. The molecule has 44 heavy (non-hydrogen) atoms. The van der Waals surface area contributed by atoms with Gasteiger partial charge in [0.1, 0.15) is 11.9 Å². The van der Waals surface area contributed by atoms with Crippen LogP contribution >= 0.6 is 0 Å². The number of anilines is 2. The van der Waals surface area contributed by atoms with Crippen LogP contribution < -0.4 is 20.9 Å². The number of rotatable bonds is 9. The average molecular weight is 597 g/mol. The molecule has 3 aliphatic heterocycles. The van der Waals surface area contributed by atoms with Crippen LogP contribution in [0.3, 0.4) is 0 Å². The third kappa shape index (κ3) is 5.45. The van der Waals surface area contributed by atoms with E-state index < -0.39 is 23.8 Å². The molecule has 2 aromatic heterocycles. The molecule has 1 aliphatic carbocycles. The average Bonchev–Trinajstić information content (AvgIpc) is 3.60. The number of benzene rings is 1. The summed E-state index contributed by atoms with van der Waals surface area (Å²) in [6, 6.07) is 10.8. The highest BCUT2D eigenvalue weighted by Gasteiger charge is 2.44. The minimum absolute atomic E-state index is 0.102. The summed E-state index contributed by atoms with van der Waals surface area (Å²) in [5.74, 6) is -0.312. The van der Waals surface area contributed by atoms with Crippen LogP contribution in [0, 0.1) is 5.92 Å². The highest BCUT2D eigenvalue weighted by Crippen LogP contribution is 2.40. The highest BCUT2D eigenvalue weighted by molar-refractivity contribution is 6.23. The number of hydrogen-bond acceptors (Lipinski definition) is 9. The van der Waals surface area contributed by atoms with Crippen LogP contribution in [-0.2, 0) is 9.59 Å². The molecule has 7 rings (SSSR count). The van der Waals surface area contributed by atoms with Crippen molar-refractivity contribution in [2.45, 2.75) is 50.6 Å². The third-order valence-electron chi connectivity index (χ3n) is 9.22. The Bertz CT molecular complexity index is 1610. The zero-order valence-corrected chi connectivity index (χ0v) is 24.5. The SMILES string of the molecule is O=C1CCC(N2C(=O)c3ccc(NCCCC4CC(n5cc(-c6cccc(N7CCNCC7)n6)cn5)C4)cc3C2=O)C(=O)N1. The smallest absolute Gasteiger partial charge is 0.262 e. The Morgan fingerprint density at radius 2 is 1.80 bits per heavy atom. The zero-order valence-electron chi connectivity index (χ0n) is 24.5. The van der Waals surface area contributed by atoms with Crippen molar-refractivity contribution in [1.29, 1.82) is 0 Å². The van der Waals surface area contributed by atoms with Crippen LogP contribution in [-0.4, -0.2) is 82.1 Å². The van der Waals surface area contributed by atoms with Crippen molar-refractivity contribution in [2.75, 3.05) is 42.9 Å². The number of fused-ring (bicyclic) bond motifs is 1. The van der Waals surface area contributed by atoms with Gasteiger partial charge in [0.15, 0.2) is 0 Å². The summed E-state index contributed by atoms with van der Waals surface area (Å²) in [6.45, 7) is 4.64. The zero-order chi connectivity index (χ0) is 30.2. The van der Waals surface area contributed by atoms with E-state index in [1.54, 1.807) is 18.2 Å². The lowest BCUT2D eigenvalue weighted by atomic mass is 9.77. The van der Waals surface area contributed by atoms with E-state index in [1.807, 2.05) is 12.3 Å². The number of nitrogens with one attached hydrogen (secondary N) is 3. The predicted molar refractivity (Wildman–Crippen MR) is 163 cm³/mol. The topological polar surface area (TPSA) is 142 Å². The Hall–Kier alpha value is -4.58. The Morgan fingerprint density at radius 1 is 0.977 bits per heavy atom. The number of carbonyl (C=O) groups is 4. The molecule has 0 bridgehead atoms. The summed E-state index contributed by atoms with van der Waals surface area (Å²) in [7, 11) is 0. The first-order valence-electron chi connectivity index (χ1n) is 15.5. The van der Waals surface area contributed by atoms with Crippen LogP contribution in [0.5, 0.6) is 0 Å². The van der Waals surface area contributed by atoms with Crippen molar-refractivity contribution in [2.24, 2.45) is 5.92 Å². The van der Waals surface area contributed by atoms with Gasteiger partial charge in [0, 0.05) is 56.6 Å². The number of piperazine rings is 1. The maximum Gasteiger partial charge on any atom is 0.262 e. The minimum atomic E-state index is -0.957. The second kappa shape index (κ2) is 11.8. The summed E-state index contributed by atoms with van der Waals surface area (Å²) in [5.41, 5.74) is 3.34. The van der Waals surface area contributed by atoms with Gasteiger partial charge in [-0.1, -0.05) is 6.07 Å². The van der Waals surface area contributed by atoms with Gasteiger partial charge in [0.05, 0.1) is 29.1 Å². The Labute approximate surface area is 255 Å². The summed E-state index contributed by atoms with van der Waals surface area (Å²) < 4.78 is 2.09.